The van der Waals surface area contributed by atoms with E-state index >= 15 is 0 Å². The zero-order valence-electron chi connectivity index (χ0n) is 15.7. The van der Waals surface area contributed by atoms with Crippen LogP contribution in [0.1, 0.15) is 38.8 Å². The number of allylic oxidation sites excluding steroid dienone is 5. The third-order valence-electron chi connectivity index (χ3n) is 4.93. The Balaban J connectivity index is 0.000000948. The quantitative estimate of drug-likeness (QED) is 0.504. The fourth-order valence-electron chi connectivity index (χ4n) is 3.89. The second kappa shape index (κ2) is 7.77. The molecule has 1 aliphatic carbocycles. The molecule has 3 atom stereocenters. The van der Waals surface area contributed by atoms with E-state index in [0.717, 1.165) is 23.3 Å². The molecule has 0 saturated carbocycles. The maximum absolute atomic E-state index is 6.42. The van der Waals surface area contributed by atoms with Crippen molar-refractivity contribution < 1.29 is 0 Å². The van der Waals surface area contributed by atoms with E-state index in [-0.39, 0.29) is 12.0 Å². The highest BCUT2D eigenvalue weighted by molar-refractivity contribution is 6.41. The van der Waals surface area contributed by atoms with Gasteiger partial charge in [-0.05, 0) is 30.3 Å². The minimum atomic E-state index is 0.177. The molecule has 4 nitrogen and oxygen atoms in total. The molecule has 5 heteroatoms. The van der Waals surface area contributed by atoms with Crippen LogP contribution in [0.3, 0.4) is 0 Å². The van der Waals surface area contributed by atoms with Gasteiger partial charge in [0, 0.05) is 5.92 Å². The van der Waals surface area contributed by atoms with Crippen molar-refractivity contribution in [3.05, 3.63) is 60.6 Å². The van der Waals surface area contributed by atoms with Crippen molar-refractivity contribution in [2.75, 3.05) is 5.32 Å². The Bertz CT molecular complexity index is 891. The molecule has 3 unspecified atom stereocenters. The third-order valence-corrected chi connectivity index (χ3v) is 4.93. The van der Waals surface area contributed by atoms with Gasteiger partial charge in [-0.15, -0.1) is 0 Å². The summed E-state index contributed by atoms with van der Waals surface area (Å²) in [5.74, 6) is 0.677. The van der Waals surface area contributed by atoms with Gasteiger partial charge in [0.2, 0.25) is 0 Å². The van der Waals surface area contributed by atoms with Crippen LogP contribution in [-0.4, -0.2) is 28.8 Å². The molecule has 2 aromatic rings. The number of H-pyrrole nitrogens is 1. The number of fused-ring (bicyclic) bond motifs is 4. The lowest BCUT2D eigenvalue weighted by Gasteiger charge is -2.38. The summed E-state index contributed by atoms with van der Waals surface area (Å²) in [6.45, 7) is 9.88. The van der Waals surface area contributed by atoms with Crippen LogP contribution in [0.4, 0.5) is 5.69 Å². The van der Waals surface area contributed by atoms with Crippen molar-refractivity contribution in [1.29, 1.82) is 0 Å². The highest BCUT2D eigenvalue weighted by atomic mass is 15.0. The van der Waals surface area contributed by atoms with Crippen molar-refractivity contribution in [2.24, 2.45) is 5.92 Å². The minimum Gasteiger partial charge on any atom is -0.377 e. The van der Waals surface area contributed by atoms with Gasteiger partial charge >= 0.3 is 0 Å². The summed E-state index contributed by atoms with van der Waals surface area (Å²) in [4.78, 5) is 12.1. The van der Waals surface area contributed by atoms with Crippen LogP contribution in [0.2, 0.25) is 0 Å². The van der Waals surface area contributed by atoms with Crippen LogP contribution >= 0.6 is 0 Å². The van der Waals surface area contributed by atoms with Crippen molar-refractivity contribution in [2.45, 2.75) is 39.2 Å². The molecular formula is C21H25BN4. The van der Waals surface area contributed by atoms with Crippen molar-refractivity contribution >= 4 is 30.2 Å². The van der Waals surface area contributed by atoms with Crippen LogP contribution in [0.15, 0.2) is 54.9 Å². The van der Waals surface area contributed by atoms with Crippen molar-refractivity contribution in [3.8, 4) is 0 Å². The van der Waals surface area contributed by atoms with Crippen molar-refractivity contribution in [1.82, 2.24) is 15.0 Å². The van der Waals surface area contributed by atoms with E-state index in [1.165, 1.54) is 5.57 Å². The molecule has 3 heterocycles. The standard InChI is InChI=1S/C19H19BN4.C2H6/c1-3-6-11(7-4-2)15-12-8-5-9-13(12)16-17(23-15)14(20)18-19(24-16)22-10-21-18;1-2/h3-7,9-10,12-13,15,23H,1,8H2,2H3,(H,21,22,24);1-2H3/b7-4-,11-6+;. The number of nitrogens with one attached hydrogen (secondary N) is 2. The molecule has 0 bridgehead atoms. The molecule has 2 aliphatic rings. The number of hydrogen-bond acceptors (Lipinski definition) is 3. The lowest BCUT2D eigenvalue weighted by molar-refractivity contribution is 0.449. The van der Waals surface area contributed by atoms with E-state index in [0.29, 0.717) is 17.0 Å². The maximum Gasteiger partial charge on any atom is 0.177 e. The van der Waals surface area contributed by atoms with E-state index in [1.54, 1.807) is 6.33 Å². The van der Waals surface area contributed by atoms with Gasteiger partial charge in [-0.2, -0.15) is 0 Å². The number of aromatic amines is 1. The first kappa shape index (κ1) is 18.2. The Hall–Kier alpha value is -2.56. The monoisotopic (exact) mass is 344 g/mol. The van der Waals surface area contributed by atoms with Crippen LogP contribution in [0.5, 0.6) is 0 Å². The molecular weight excluding hydrogens is 319 g/mol. The molecule has 26 heavy (non-hydrogen) atoms. The first-order valence-electron chi connectivity index (χ1n) is 9.25. The summed E-state index contributed by atoms with van der Waals surface area (Å²) in [6, 6.07) is 0.177. The predicted molar refractivity (Wildman–Crippen MR) is 111 cm³/mol. The number of hydrogen-bond donors (Lipinski definition) is 2. The van der Waals surface area contributed by atoms with Crippen LogP contribution in [-0.2, 0) is 0 Å². The van der Waals surface area contributed by atoms with Gasteiger partial charge < -0.3 is 10.3 Å². The zero-order valence-corrected chi connectivity index (χ0v) is 15.7. The molecule has 0 spiro atoms. The minimum absolute atomic E-state index is 0.177. The number of rotatable bonds is 3. The highest BCUT2D eigenvalue weighted by Crippen LogP contribution is 2.45. The Morgan fingerprint density at radius 1 is 1.38 bits per heavy atom. The molecule has 0 amide bonds. The van der Waals surface area contributed by atoms with E-state index in [1.807, 2.05) is 26.8 Å². The summed E-state index contributed by atoms with van der Waals surface area (Å²) in [6.07, 6.45) is 15.3. The Labute approximate surface area is 156 Å². The molecule has 132 valence electrons. The maximum atomic E-state index is 6.42. The lowest BCUT2D eigenvalue weighted by atomic mass is 9.76. The Morgan fingerprint density at radius 3 is 2.92 bits per heavy atom. The normalized spacial score (nSPS) is 24.0. The first-order valence-corrected chi connectivity index (χ1v) is 9.25. The van der Waals surface area contributed by atoms with Gasteiger partial charge in [0.05, 0.1) is 29.3 Å². The molecule has 0 aromatic carbocycles. The second-order valence-corrected chi connectivity index (χ2v) is 6.26. The lowest BCUT2D eigenvalue weighted by Crippen LogP contribution is -2.40. The summed E-state index contributed by atoms with van der Waals surface area (Å²) in [5, 5.41) is 3.65. The number of nitrogens with zero attached hydrogens (tertiary/aromatic N) is 2. The zero-order chi connectivity index (χ0) is 18.7. The highest BCUT2D eigenvalue weighted by Gasteiger charge is 2.40. The number of imidazole rings is 1. The number of anilines is 1. The van der Waals surface area contributed by atoms with Crippen LogP contribution < -0.4 is 10.8 Å². The molecule has 2 radical (unpaired) electrons. The topological polar surface area (TPSA) is 53.6 Å². The second-order valence-electron chi connectivity index (χ2n) is 6.26. The largest absolute Gasteiger partial charge is 0.377 e. The average Bonchev–Trinajstić information content (AvgIpc) is 3.32. The third kappa shape index (κ3) is 2.92. The van der Waals surface area contributed by atoms with Gasteiger partial charge in [0.15, 0.2) is 5.65 Å². The molecule has 4 rings (SSSR count). The van der Waals surface area contributed by atoms with Crippen LogP contribution in [0.25, 0.3) is 11.2 Å². The predicted octanol–water partition coefficient (Wildman–Crippen LogP) is 3.92. The fraction of sp³-hybridized carbons (Fsp3) is 0.333. The molecule has 0 fully saturated rings. The number of pyridine rings is 1. The van der Waals surface area contributed by atoms with E-state index in [4.69, 9.17) is 12.8 Å². The number of aromatic nitrogens is 3. The van der Waals surface area contributed by atoms with E-state index < -0.39 is 0 Å². The van der Waals surface area contributed by atoms with Gasteiger partial charge in [-0.25, -0.2) is 9.97 Å². The van der Waals surface area contributed by atoms with Gasteiger partial charge in [-0.1, -0.05) is 56.9 Å². The first-order chi connectivity index (χ1) is 12.7. The fourth-order valence-corrected chi connectivity index (χ4v) is 3.89. The molecule has 2 N–H and O–H groups in total. The summed E-state index contributed by atoms with van der Waals surface area (Å²) in [7, 11) is 6.42. The summed E-state index contributed by atoms with van der Waals surface area (Å²) in [5.41, 5.74) is 5.29. The molecule has 2 aromatic heterocycles. The van der Waals surface area contributed by atoms with Crippen LogP contribution in [0, 0.1) is 5.92 Å². The Morgan fingerprint density at radius 2 is 2.19 bits per heavy atom. The van der Waals surface area contributed by atoms with E-state index in [2.05, 4.69) is 52.2 Å². The van der Waals surface area contributed by atoms with E-state index in [9.17, 15) is 0 Å². The smallest absolute Gasteiger partial charge is 0.177 e. The van der Waals surface area contributed by atoms with Gasteiger partial charge in [0.25, 0.3) is 0 Å². The van der Waals surface area contributed by atoms with Crippen molar-refractivity contribution in [3.63, 3.8) is 0 Å². The summed E-state index contributed by atoms with van der Waals surface area (Å²) >= 11 is 0. The molecule has 0 saturated heterocycles. The Kier molecular flexibility index (Phi) is 5.45. The average molecular weight is 344 g/mol. The van der Waals surface area contributed by atoms with Gasteiger partial charge in [0.1, 0.15) is 7.85 Å². The molecule has 1 aliphatic heterocycles. The SMILES string of the molecule is CC.[B]c1c2c(nc3nc[nH]c13)C1C=CCC1C(C(/C=C\C)=C/C=C)N2. The summed E-state index contributed by atoms with van der Waals surface area (Å²) < 4.78 is 0. The van der Waals surface area contributed by atoms with Gasteiger partial charge in [-0.3, -0.25) is 0 Å².